The van der Waals surface area contributed by atoms with Crippen LogP contribution >= 0.6 is 23.2 Å². The van der Waals surface area contributed by atoms with Crippen LogP contribution in [-0.2, 0) is 10.2 Å². The summed E-state index contributed by atoms with van der Waals surface area (Å²) >= 11 is 11.6. The Morgan fingerprint density at radius 2 is 1.74 bits per heavy atom. The average molecular weight is 328 g/mol. The second-order valence-corrected chi connectivity index (χ2v) is 6.49. The number of hydrogen-bond acceptors (Lipinski definition) is 3. The molecule has 0 bridgehead atoms. The fraction of sp³-hybridized carbons (Fsp3) is 0.400. The Kier molecular flexibility index (Phi) is 4.52. The molecule has 0 saturated carbocycles. The molecule has 1 saturated heterocycles. The van der Waals surface area contributed by atoms with Crippen molar-refractivity contribution < 1.29 is 12.8 Å². The molecule has 1 fully saturated rings. The first-order valence-electron chi connectivity index (χ1n) is 5.53. The highest BCUT2D eigenvalue weighted by molar-refractivity contribution is 7.90. The van der Waals surface area contributed by atoms with Crippen LogP contribution in [0, 0.1) is 5.82 Å². The van der Waals surface area contributed by atoms with Crippen LogP contribution in [0.3, 0.4) is 0 Å². The van der Waals surface area contributed by atoms with Crippen molar-refractivity contribution in [3.05, 3.63) is 28.0 Å². The zero-order valence-electron chi connectivity index (χ0n) is 9.79. The molecule has 1 aromatic rings. The lowest BCUT2D eigenvalue weighted by Gasteiger charge is -2.27. The highest BCUT2D eigenvalue weighted by Crippen LogP contribution is 2.32. The van der Waals surface area contributed by atoms with Crippen LogP contribution in [0.15, 0.2) is 12.1 Å². The number of nitrogens with zero attached hydrogens (tertiary/aromatic N) is 1. The van der Waals surface area contributed by atoms with Gasteiger partial charge in [-0.25, -0.2) is 4.39 Å². The van der Waals surface area contributed by atoms with Crippen molar-refractivity contribution >= 4 is 39.1 Å². The Labute approximate surface area is 120 Å². The van der Waals surface area contributed by atoms with Gasteiger partial charge in [0.1, 0.15) is 5.82 Å². The third-order valence-corrected chi connectivity index (χ3v) is 4.76. The quantitative estimate of drug-likeness (QED) is 0.888. The SMILES string of the molecule is O=S(=O)(Nc1c(Cl)cc(F)cc1Cl)N1CCNCC1. The minimum atomic E-state index is -3.74. The van der Waals surface area contributed by atoms with E-state index in [0.717, 1.165) is 12.1 Å². The summed E-state index contributed by atoms with van der Waals surface area (Å²) in [5.74, 6) is -0.625. The molecule has 1 aromatic carbocycles. The molecule has 1 aliphatic rings. The van der Waals surface area contributed by atoms with Gasteiger partial charge in [0, 0.05) is 26.2 Å². The van der Waals surface area contributed by atoms with Crippen LogP contribution < -0.4 is 10.0 Å². The fourth-order valence-electron chi connectivity index (χ4n) is 1.72. The molecule has 0 aromatic heterocycles. The maximum atomic E-state index is 13.0. The molecule has 0 spiro atoms. The lowest BCUT2D eigenvalue weighted by Crippen LogP contribution is -2.48. The van der Waals surface area contributed by atoms with Crippen LogP contribution in [-0.4, -0.2) is 38.9 Å². The summed E-state index contributed by atoms with van der Waals surface area (Å²) in [4.78, 5) is 0. The zero-order chi connectivity index (χ0) is 14.0. The minimum Gasteiger partial charge on any atom is -0.314 e. The summed E-state index contributed by atoms with van der Waals surface area (Å²) in [6, 6.07) is 2.01. The van der Waals surface area contributed by atoms with E-state index in [4.69, 9.17) is 23.2 Å². The Hall–Kier alpha value is -0.600. The highest BCUT2D eigenvalue weighted by Gasteiger charge is 2.25. The largest absolute Gasteiger partial charge is 0.314 e. The Morgan fingerprint density at radius 3 is 2.26 bits per heavy atom. The van der Waals surface area contributed by atoms with Gasteiger partial charge in [-0.15, -0.1) is 0 Å². The van der Waals surface area contributed by atoms with Crippen LogP contribution in [0.25, 0.3) is 0 Å². The van der Waals surface area contributed by atoms with Crippen molar-refractivity contribution in [2.75, 3.05) is 30.9 Å². The van der Waals surface area contributed by atoms with Crippen molar-refractivity contribution in [1.82, 2.24) is 9.62 Å². The molecule has 2 rings (SSSR count). The topological polar surface area (TPSA) is 61.4 Å². The van der Waals surface area contributed by atoms with E-state index in [1.807, 2.05) is 0 Å². The molecular weight excluding hydrogens is 316 g/mol. The van der Waals surface area contributed by atoms with Gasteiger partial charge in [-0.2, -0.15) is 12.7 Å². The molecule has 0 aliphatic carbocycles. The van der Waals surface area contributed by atoms with E-state index in [-0.39, 0.29) is 15.7 Å². The maximum absolute atomic E-state index is 13.0. The van der Waals surface area contributed by atoms with E-state index in [1.165, 1.54) is 4.31 Å². The first-order valence-corrected chi connectivity index (χ1v) is 7.73. The van der Waals surface area contributed by atoms with E-state index in [2.05, 4.69) is 10.0 Å². The normalized spacial score (nSPS) is 17.4. The maximum Gasteiger partial charge on any atom is 0.301 e. The molecule has 106 valence electrons. The van der Waals surface area contributed by atoms with Crippen LogP contribution in [0.1, 0.15) is 0 Å². The summed E-state index contributed by atoms with van der Waals surface area (Å²) in [6.07, 6.45) is 0. The van der Waals surface area contributed by atoms with Crippen LogP contribution in [0.4, 0.5) is 10.1 Å². The van der Waals surface area contributed by atoms with Crippen molar-refractivity contribution in [3.63, 3.8) is 0 Å². The van der Waals surface area contributed by atoms with Gasteiger partial charge in [-0.1, -0.05) is 23.2 Å². The van der Waals surface area contributed by atoms with Gasteiger partial charge in [0.15, 0.2) is 0 Å². The van der Waals surface area contributed by atoms with Gasteiger partial charge in [-0.3, -0.25) is 4.72 Å². The number of rotatable bonds is 3. The summed E-state index contributed by atoms with van der Waals surface area (Å²) in [5.41, 5.74) is -0.0109. The van der Waals surface area contributed by atoms with Crippen molar-refractivity contribution in [2.24, 2.45) is 0 Å². The molecule has 2 N–H and O–H groups in total. The van der Waals surface area contributed by atoms with Gasteiger partial charge in [0.2, 0.25) is 0 Å². The molecule has 0 amide bonds. The first-order chi connectivity index (χ1) is 8.90. The second-order valence-electron chi connectivity index (χ2n) is 4.00. The van der Waals surface area contributed by atoms with Gasteiger partial charge in [0.05, 0.1) is 15.7 Å². The molecule has 0 unspecified atom stereocenters. The van der Waals surface area contributed by atoms with Gasteiger partial charge >= 0.3 is 10.2 Å². The summed E-state index contributed by atoms with van der Waals surface area (Å²) < 4.78 is 40.8. The molecular formula is C10H12Cl2FN3O2S. The second kappa shape index (κ2) is 5.80. The van der Waals surface area contributed by atoms with E-state index < -0.39 is 16.0 Å². The number of benzene rings is 1. The molecule has 5 nitrogen and oxygen atoms in total. The molecule has 1 heterocycles. The Balaban J connectivity index is 2.25. The third kappa shape index (κ3) is 3.49. The highest BCUT2D eigenvalue weighted by atomic mass is 35.5. The van der Waals surface area contributed by atoms with Crippen molar-refractivity contribution in [2.45, 2.75) is 0 Å². The standard InChI is InChI=1S/C10H12Cl2FN3O2S/c11-8-5-7(13)6-9(12)10(8)15-19(17,18)16-3-1-14-2-4-16/h5-6,14-15H,1-4H2. The fourth-order valence-corrected chi connectivity index (χ4v) is 3.66. The monoisotopic (exact) mass is 327 g/mol. The number of piperazine rings is 1. The lowest BCUT2D eigenvalue weighted by molar-refractivity contribution is 0.362. The van der Waals surface area contributed by atoms with Crippen molar-refractivity contribution in [1.29, 1.82) is 0 Å². The first kappa shape index (κ1) is 14.8. The predicted molar refractivity (Wildman–Crippen MR) is 73.4 cm³/mol. The summed E-state index contributed by atoms with van der Waals surface area (Å²) in [7, 11) is -3.74. The van der Waals surface area contributed by atoms with E-state index in [1.54, 1.807) is 0 Å². The Morgan fingerprint density at radius 1 is 1.21 bits per heavy atom. The number of hydrogen-bond donors (Lipinski definition) is 2. The third-order valence-electron chi connectivity index (χ3n) is 2.65. The van der Waals surface area contributed by atoms with E-state index in [9.17, 15) is 12.8 Å². The molecule has 19 heavy (non-hydrogen) atoms. The molecule has 0 radical (unpaired) electrons. The predicted octanol–water partition coefficient (Wildman–Crippen LogP) is 1.69. The molecule has 9 heteroatoms. The number of halogens is 3. The average Bonchev–Trinajstić information content (AvgIpc) is 2.35. The Bertz CT molecular complexity index is 553. The molecule has 0 atom stereocenters. The number of nitrogens with one attached hydrogen (secondary N) is 2. The van der Waals surface area contributed by atoms with E-state index >= 15 is 0 Å². The summed E-state index contributed by atoms with van der Waals surface area (Å²) in [6.45, 7) is 1.86. The van der Waals surface area contributed by atoms with Gasteiger partial charge < -0.3 is 5.32 Å². The molecule has 1 aliphatic heterocycles. The summed E-state index contributed by atoms with van der Waals surface area (Å²) in [5, 5.41) is 2.89. The van der Waals surface area contributed by atoms with Gasteiger partial charge in [0.25, 0.3) is 0 Å². The van der Waals surface area contributed by atoms with Gasteiger partial charge in [-0.05, 0) is 12.1 Å². The minimum absolute atomic E-state index is 0.0109. The van der Waals surface area contributed by atoms with E-state index in [0.29, 0.717) is 26.2 Å². The zero-order valence-corrected chi connectivity index (χ0v) is 12.1. The van der Waals surface area contributed by atoms with Crippen LogP contribution in [0.2, 0.25) is 10.0 Å². The lowest BCUT2D eigenvalue weighted by atomic mass is 10.3. The smallest absolute Gasteiger partial charge is 0.301 e. The number of anilines is 1. The van der Waals surface area contributed by atoms with Crippen molar-refractivity contribution in [3.8, 4) is 0 Å². The van der Waals surface area contributed by atoms with Crippen LogP contribution in [0.5, 0.6) is 0 Å².